The molecule has 0 saturated heterocycles. The Morgan fingerprint density at radius 2 is 1.77 bits per heavy atom. The maximum absolute atomic E-state index is 13.2. The van der Waals surface area contributed by atoms with Crippen LogP contribution in [0.1, 0.15) is 44.2 Å². The average molecular weight is 296 g/mol. The summed E-state index contributed by atoms with van der Waals surface area (Å²) in [5.74, 6) is -0.245. The average Bonchev–Trinajstić information content (AvgIpc) is 2.98. The van der Waals surface area contributed by atoms with Crippen LogP contribution < -0.4 is 0 Å². The fraction of sp³-hybridized carbons (Fsp3) is 0.389. The molecule has 4 heteroatoms. The molecule has 4 rings (SSSR count). The van der Waals surface area contributed by atoms with E-state index in [-0.39, 0.29) is 23.6 Å². The molecular weight excluding hydrogens is 279 g/mol. The van der Waals surface area contributed by atoms with Crippen molar-refractivity contribution in [3.63, 3.8) is 0 Å². The van der Waals surface area contributed by atoms with Gasteiger partial charge >= 0.3 is 0 Å². The lowest BCUT2D eigenvalue weighted by Crippen LogP contribution is -2.25. The molecule has 1 unspecified atom stereocenters. The van der Waals surface area contributed by atoms with Gasteiger partial charge in [-0.2, -0.15) is 10.2 Å². The number of benzene rings is 1. The second-order valence-corrected chi connectivity index (χ2v) is 6.22. The van der Waals surface area contributed by atoms with Gasteiger partial charge in [-0.15, -0.1) is 0 Å². The number of hydrogen-bond acceptors (Lipinski definition) is 3. The molecule has 0 fully saturated rings. The number of Topliss-reactive ketones (excluding diaryl/α,β-unsaturated/α-hetero) is 1. The van der Waals surface area contributed by atoms with Gasteiger partial charge < -0.3 is 0 Å². The van der Waals surface area contributed by atoms with Gasteiger partial charge in [-0.1, -0.05) is 12.1 Å². The lowest BCUT2D eigenvalue weighted by Gasteiger charge is -2.29. The number of carbonyl (C=O) groups is 1. The van der Waals surface area contributed by atoms with Crippen molar-refractivity contribution in [1.82, 2.24) is 0 Å². The van der Waals surface area contributed by atoms with E-state index in [1.165, 1.54) is 12.1 Å². The van der Waals surface area contributed by atoms with Crippen molar-refractivity contribution in [3.05, 3.63) is 58.1 Å². The normalized spacial score (nSPS) is 27.3. The molecule has 3 aliphatic rings. The minimum Gasteiger partial charge on any atom is -0.294 e. The Morgan fingerprint density at radius 1 is 1.09 bits per heavy atom. The molecular formula is C18H17FN2O. The summed E-state index contributed by atoms with van der Waals surface area (Å²) in [7, 11) is 0. The van der Waals surface area contributed by atoms with Gasteiger partial charge in [-0.25, -0.2) is 4.39 Å². The molecule has 0 aromatic heterocycles. The fourth-order valence-electron chi connectivity index (χ4n) is 3.75. The molecule has 112 valence electrons. The van der Waals surface area contributed by atoms with Gasteiger partial charge in [-0.3, -0.25) is 4.79 Å². The van der Waals surface area contributed by atoms with Crippen molar-refractivity contribution in [2.24, 2.45) is 16.1 Å². The Hall–Kier alpha value is -2.10. The molecule has 0 N–H and O–H groups in total. The largest absolute Gasteiger partial charge is 0.294 e. The zero-order valence-electron chi connectivity index (χ0n) is 12.5. The van der Waals surface area contributed by atoms with Crippen LogP contribution >= 0.6 is 0 Å². The van der Waals surface area contributed by atoms with E-state index in [0.717, 1.165) is 53.7 Å². The number of nitrogens with zero attached hydrogens (tertiary/aromatic N) is 2. The zero-order chi connectivity index (χ0) is 15.3. The minimum atomic E-state index is -0.252. The predicted octanol–water partition coefficient (Wildman–Crippen LogP) is 4.68. The summed E-state index contributed by atoms with van der Waals surface area (Å²) in [6.45, 7) is 1.92. The van der Waals surface area contributed by atoms with Crippen molar-refractivity contribution in [2.75, 3.05) is 0 Å². The maximum atomic E-state index is 13.2. The second kappa shape index (κ2) is 4.97. The Labute approximate surface area is 128 Å². The predicted molar refractivity (Wildman–Crippen MR) is 80.7 cm³/mol. The first-order chi connectivity index (χ1) is 10.7. The summed E-state index contributed by atoms with van der Waals surface area (Å²) in [4.78, 5) is 12.5. The SMILES string of the molecule is C[C@@H]1C(=O)C2=C(CCCC2)C2=C1N=NC2c1ccc(F)cc1. The summed E-state index contributed by atoms with van der Waals surface area (Å²) >= 11 is 0. The molecule has 3 nitrogen and oxygen atoms in total. The Balaban J connectivity index is 1.83. The van der Waals surface area contributed by atoms with Crippen molar-refractivity contribution in [2.45, 2.75) is 38.6 Å². The lowest BCUT2D eigenvalue weighted by atomic mass is 9.73. The van der Waals surface area contributed by atoms with Crippen molar-refractivity contribution in [3.8, 4) is 0 Å². The number of carbonyl (C=O) groups excluding carboxylic acids is 1. The van der Waals surface area contributed by atoms with Crippen LogP contribution in [-0.2, 0) is 4.79 Å². The monoisotopic (exact) mass is 296 g/mol. The second-order valence-electron chi connectivity index (χ2n) is 6.22. The first kappa shape index (κ1) is 13.6. The van der Waals surface area contributed by atoms with E-state index < -0.39 is 0 Å². The highest BCUT2D eigenvalue weighted by Crippen LogP contribution is 2.49. The van der Waals surface area contributed by atoms with Gasteiger partial charge in [0.05, 0.1) is 11.6 Å². The van der Waals surface area contributed by atoms with Crippen LogP contribution in [0.4, 0.5) is 4.39 Å². The molecule has 1 aromatic carbocycles. The van der Waals surface area contributed by atoms with E-state index in [0.29, 0.717) is 0 Å². The molecule has 1 heterocycles. The number of rotatable bonds is 1. The molecule has 0 spiro atoms. The van der Waals surface area contributed by atoms with Gasteiger partial charge in [0.15, 0.2) is 5.78 Å². The Kier molecular flexibility index (Phi) is 3.06. The summed E-state index contributed by atoms with van der Waals surface area (Å²) < 4.78 is 13.2. The molecule has 0 radical (unpaired) electrons. The Morgan fingerprint density at radius 3 is 2.50 bits per heavy atom. The molecule has 0 amide bonds. The highest BCUT2D eigenvalue weighted by Gasteiger charge is 2.40. The third-order valence-electron chi connectivity index (χ3n) is 4.91. The van der Waals surface area contributed by atoms with E-state index in [1.807, 2.05) is 6.92 Å². The molecule has 0 bridgehead atoms. The number of hydrogen-bond donors (Lipinski definition) is 0. The van der Waals surface area contributed by atoms with Gasteiger partial charge in [-0.05, 0) is 61.4 Å². The summed E-state index contributed by atoms with van der Waals surface area (Å²) in [5.41, 5.74) is 5.00. The highest BCUT2D eigenvalue weighted by molar-refractivity contribution is 6.02. The lowest BCUT2D eigenvalue weighted by molar-refractivity contribution is -0.118. The summed E-state index contributed by atoms with van der Waals surface area (Å²) in [6.07, 6.45) is 3.98. The third-order valence-corrected chi connectivity index (χ3v) is 4.91. The van der Waals surface area contributed by atoms with Crippen molar-refractivity contribution >= 4 is 5.78 Å². The van der Waals surface area contributed by atoms with E-state index in [1.54, 1.807) is 12.1 Å². The molecule has 2 aliphatic carbocycles. The van der Waals surface area contributed by atoms with Gasteiger partial charge in [0.2, 0.25) is 0 Å². The zero-order valence-corrected chi connectivity index (χ0v) is 12.5. The minimum absolute atomic E-state index is 0.186. The smallest absolute Gasteiger partial charge is 0.167 e. The van der Waals surface area contributed by atoms with E-state index in [2.05, 4.69) is 10.2 Å². The molecule has 1 aliphatic heterocycles. The van der Waals surface area contributed by atoms with Gasteiger partial charge in [0.25, 0.3) is 0 Å². The van der Waals surface area contributed by atoms with Crippen LogP contribution in [0, 0.1) is 11.7 Å². The van der Waals surface area contributed by atoms with Crippen LogP contribution in [0.2, 0.25) is 0 Å². The topological polar surface area (TPSA) is 41.8 Å². The number of fused-ring (bicyclic) bond motifs is 1. The number of allylic oxidation sites excluding steroid dienone is 2. The quantitative estimate of drug-likeness (QED) is 0.742. The first-order valence-corrected chi connectivity index (χ1v) is 7.84. The summed E-state index contributed by atoms with van der Waals surface area (Å²) in [6, 6.07) is 6.25. The van der Waals surface area contributed by atoms with Crippen LogP contribution in [0.15, 0.2) is 56.9 Å². The van der Waals surface area contributed by atoms with Crippen molar-refractivity contribution in [1.29, 1.82) is 0 Å². The van der Waals surface area contributed by atoms with Gasteiger partial charge in [0, 0.05) is 5.57 Å². The van der Waals surface area contributed by atoms with Crippen LogP contribution in [0.25, 0.3) is 0 Å². The Bertz CT molecular complexity index is 743. The standard InChI is InChI=1S/C18H17FN2O/c1-10-16-15(13-4-2-3-5-14(13)18(10)22)17(21-20-16)11-6-8-12(19)9-7-11/h6-10,17H,2-5H2,1H3/t10-,17?/m0/s1. The highest BCUT2D eigenvalue weighted by atomic mass is 19.1. The maximum Gasteiger partial charge on any atom is 0.167 e. The van der Waals surface area contributed by atoms with Crippen molar-refractivity contribution < 1.29 is 9.18 Å². The van der Waals surface area contributed by atoms with E-state index >= 15 is 0 Å². The molecule has 1 aromatic rings. The van der Waals surface area contributed by atoms with E-state index in [9.17, 15) is 9.18 Å². The number of azo groups is 1. The fourth-order valence-corrected chi connectivity index (χ4v) is 3.75. The molecule has 0 saturated carbocycles. The van der Waals surface area contributed by atoms with Crippen LogP contribution in [0.3, 0.4) is 0 Å². The summed E-state index contributed by atoms with van der Waals surface area (Å²) in [5, 5.41) is 8.71. The molecule has 22 heavy (non-hydrogen) atoms. The van der Waals surface area contributed by atoms with E-state index in [4.69, 9.17) is 0 Å². The number of halogens is 1. The first-order valence-electron chi connectivity index (χ1n) is 7.84. The van der Waals surface area contributed by atoms with Crippen LogP contribution in [0.5, 0.6) is 0 Å². The van der Waals surface area contributed by atoms with Crippen LogP contribution in [-0.4, -0.2) is 5.78 Å². The third kappa shape index (κ3) is 1.90. The molecule has 2 atom stereocenters. The number of ketones is 1. The van der Waals surface area contributed by atoms with Gasteiger partial charge in [0.1, 0.15) is 11.9 Å².